The summed E-state index contributed by atoms with van der Waals surface area (Å²) >= 11 is 0. The van der Waals surface area contributed by atoms with Crippen LogP contribution in [0.3, 0.4) is 0 Å². The van der Waals surface area contributed by atoms with E-state index in [4.69, 9.17) is 9.73 Å². The fourth-order valence-electron chi connectivity index (χ4n) is 3.79. The van der Waals surface area contributed by atoms with E-state index in [9.17, 15) is 0 Å². The van der Waals surface area contributed by atoms with Crippen LogP contribution in [-0.4, -0.2) is 65.0 Å². The van der Waals surface area contributed by atoms with Crippen molar-refractivity contribution in [3.63, 3.8) is 0 Å². The minimum atomic E-state index is 0.497. The second-order valence-electron chi connectivity index (χ2n) is 7.72. The molecule has 30 heavy (non-hydrogen) atoms. The number of likely N-dealkylation sites (N-methyl/N-ethyl adjacent to an activating group) is 1. The molecular weight excluding hydrogens is 378 g/mol. The Labute approximate surface area is 179 Å². The molecule has 0 amide bonds. The van der Waals surface area contributed by atoms with Crippen molar-refractivity contribution in [3.05, 3.63) is 41.5 Å². The van der Waals surface area contributed by atoms with Crippen LogP contribution in [0.4, 0.5) is 0 Å². The van der Waals surface area contributed by atoms with Crippen molar-refractivity contribution in [1.82, 2.24) is 30.3 Å². The zero-order valence-electron chi connectivity index (χ0n) is 18.7. The number of likely N-dealkylation sites (tertiary alicyclic amines) is 1. The van der Waals surface area contributed by atoms with Gasteiger partial charge in [0, 0.05) is 26.2 Å². The van der Waals surface area contributed by atoms with E-state index >= 15 is 0 Å². The van der Waals surface area contributed by atoms with E-state index in [0.717, 1.165) is 49.4 Å². The average molecular weight is 414 g/mol. The largest absolute Gasteiger partial charge is 0.497 e. The minimum Gasteiger partial charge on any atom is -0.497 e. The van der Waals surface area contributed by atoms with Gasteiger partial charge in [-0.05, 0) is 57.0 Å². The summed E-state index contributed by atoms with van der Waals surface area (Å²) in [4.78, 5) is 7.31. The molecule has 8 heteroatoms. The quantitative estimate of drug-likeness (QED) is 0.483. The third-order valence-corrected chi connectivity index (χ3v) is 5.84. The highest BCUT2D eigenvalue weighted by molar-refractivity contribution is 5.79. The number of aliphatic imine (C=N–C) groups is 1. The molecule has 0 spiro atoms. The van der Waals surface area contributed by atoms with Crippen LogP contribution >= 0.6 is 0 Å². The first-order valence-corrected chi connectivity index (χ1v) is 10.8. The van der Waals surface area contributed by atoms with Gasteiger partial charge in [0.2, 0.25) is 0 Å². The molecule has 1 aromatic heterocycles. The maximum atomic E-state index is 5.23. The fraction of sp³-hybridized carbons (Fsp3) is 0.591. The van der Waals surface area contributed by atoms with E-state index < -0.39 is 0 Å². The number of guanidine groups is 1. The lowest BCUT2D eigenvalue weighted by atomic mass is 10.1. The predicted octanol–water partition coefficient (Wildman–Crippen LogP) is 1.89. The highest BCUT2D eigenvalue weighted by Crippen LogP contribution is 2.15. The van der Waals surface area contributed by atoms with E-state index in [2.05, 4.69) is 44.8 Å². The summed E-state index contributed by atoms with van der Waals surface area (Å²) in [5, 5.41) is 15.4. The molecule has 2 heterocycles. The molecule has 1 saturated heterocycles. The third kappa shape index (κ3) is 5.95. The molecule has 8 nitrogen and oxygen atoms in total. The topological polar surface area (TPSA) is 79.6 Å². The van der Waals surface area contributed by atoms with Crippen LogP contribution in [0.15, 0.2) is 29.3 Å². The number of ether oxygens (including phenoxy) is 1. The normalized spacial score (nSPS) is 17.3. The number of hydrogen-bond donors (Lipinski definition) is 2. The maximum absolute atomic E-state index is 5.23. The third-order valence-electron chi connectivity index (χ3n) is 5.84. The number of methoxy groups -OCH3 is 1. The van der Waals surface area contributed by atoms with E-state index in [1.54, 1.807) is 7.11 Å². The summed E-state index contributed by atoms with van der Waals surface area (Å²) < 4.78 is 7.21. The van der Waals surface area contributed by atoms with E-state index in [1.165, 1.54) is 24.9 Å². The summed E-state index contributed by atoms with van der Waals surface area (Å²) in [5.74, 6) is 3.46. The van der Waals surface area contributed by atoms with Gasteiger partial charge in [0.1, 0.15) is 18.1 Å². The summed E-state index contributed by atoms with van der Waals surface area (Å²) in [5.41, 5.74) is 1.26. The van der Waals surface area contributed by atoms with Crippen molar-refractivity contribution >= 4 is 5.96 Å². The SMILES string of the molecule is CCN1CCCC1CNC(=NCc1nnc(C)n1C)NCCc1ccc(OC)cc1. The van der Waals surface area contributed by atoms with Crippen molar-refractivity contribution in [2.24, 2.45) is 12.0 Å². The Morgan fingerprint density at radius 3 is 2.70 bits per heavy atom. The van der Waals surface area contributed by atoms with Gasteiger partial charge in [0.25, 0.3) is 0 Å². The monoisotopic (exact) mass is 413 g/mol. The smallest absolute Gasteiger partial charge is 0.191 e. The van der Waals surface area contributed by atoms with E-state index in [0.29, 0.717) is 12.6 Å². The summed E-state index contributed by atoms with van der Waals surface area (Å²) in [6.07, 6.45) is 3.43. The molecule has 2 N–H and O–H groups in total. The second-order valence-corrected chi connectivity index (χ2v) is 7.72. The molecule has 1 unspecified atom stereocenters. The van der Waals surface area contributed by atoms with Gasteiger partial charge in [-0.25, -0.2) is 4.99 Å². The van der Waals surface area contributed by atoms with Crippen molar-refractivity contribution in [1.29, 1.82) is 0 Å². The van der Waals surface area contributed by atoms with Crippen molar-refractivity contribution < 1.29 is 4.74 Å². The highest BCUT2D eigenvalue weighted by atomic mass is 16.5. The highest BCUT2D eigenvalue weighted by Gasteiger charge is 2.22. The predicted molar refractivity (Wildman–Crippen MR) is 120 cm³/mol. The first kappa shape index (κ1) is 22.1. The first-order valence-electron chi connectivity index (χ1n) is 10.8. The van der Waals surface area contributed by atoms with Crippen LogP contribution in [0, 0.1) is 6.92 Å². The molecule has 1 fully saturated rings. The molecule has 0 radical (unpaired) electrons. The number of rotatable bonds is 9. The van der Waals surface area contributed by atoms with E-state index in [-0.39, 0.29) is 0 Å². The maximum Gasteiger partial charge on any atom is 0.191 e. The molecule has 1 aliphatic rings. The Hall–Kier alpha value is -2.61. The summed E-state index contributed by atoms with van der Waals surface area (Å²) in [6.45, 7) is 8.68. The number of nitrogens with one attached hydrogen (secondary N) is 2. The Morgan fingerprint density at radius 1 is 1.23 bits per heavy atom. The lowest BCUT2D eigenvalue weighted by Crippen LogP contribution is -2.45. The molecule has 1 aromatic carbocycles. The second kappa shape index (κ2) is 11.0. The standard InChI is InChI=1S/C22H35N7O/c1-5-29-14-6-7-19(29)15-24-22(25-16-21-27-26-17(2)28(21)3)23-13-12-18-8-10-20(30-4)11-9-18/h8-11,19H,5-7,12-16H2,1-4H3,(H2,23,24,25). The first-order chi connectivity index (χ1) is 14.6. The van der Waals surface area contributed by atoms with Gasteiger partial charge >= 0.3 is 0 Å². The van der Waals surface area contributed by atoms with Crippen LogP contribution in [0.5, 0.6) is 5.75 Å². The molecule has 1 aliphatic heterocycles. The Bertz CT molecular complexity index is 815. The Balaban J connectivity index is 1.58. The Kier molecular flexibility index (Phi) is 8.07. The van der Waals surface area contributed by atoms with Gasteiger partial charge in [-0.15, -0.1) is 10.2 Å². The zero-order valence-corrected chi connectivity index (χ0v) is 18.7. The van der Waals surface area contributed by atoms with Crippen LogP contribution < -0.4 is 15.4 Å². The molecule has 0 saturated carbocycles. The van der Waals surface area contributed by atoms with Crippen molar-refractivity contribution in [2.45, 2.75) is 45.7 Å². The van der Waals surface area contributed by atoms with E-state index in [1.807, 2.05) is 30.7 Å². The number of aromatic nitrogens is 3. The number of aryl methyl sites for hydroxylation is 1. The zero-order chi connectivity index (χ0) is 21.3. The minimum absolute atomic E-state index is 0.497. The number of hydrogen-bond acceptors (Lipinski definition) is 5. The molecule has 2 aromatic rings. The van der Waals surface area contributed by atoms with Gasteiger partial charge in [-0.2, -0.15) is 0 Å². The lowest BCUT2D eigenvalue weighted by Gasteiger charge is -2.24. The molecule has 0 bridgehead atoms. The molecule has 1 atom stereocenters. The number of nitrogens with zero attached hydrogens (tertiary/aromatic N) is 5. The van der Waals surface area contributed by atoms with Crippen molar-refractivity contribution in [3.8, 4) is 5.75 Å². The van der Waals surface area contributed by atoms with Crippen LogP contribution in [0.1, 0.15) is 37.0 Å². The Morgan fingerprint density at radius 2 is 2.03 bits per heavy atom. The van der Waals surface area contributed by atoms with Gasteiger partial charge in [-0.3, -0.25) is 4.90 Å². The van der Waals surface area contributed by atoms with Gasteiger partial charge < -0.3 is 19.9 Å². The summed E-state index contributed by atoms with van der Waals surface area (Å²) in [7, 11) is 3.66. The molecule has 0 aliphatic carbocycles. The molecular formula is C22H35N7O. The molecule has 164 valence electrons. The summed E-state index contributed by atoms with van der Waals surface area (Å²) in [6, 6.07) is 8.77. The molecule has 3 rings (SSSR count). The van der Waals surface area contributed by atoms with Crippen molar-refractivity contribution in [2.75, 3.05) is 33.3 Å². The van der Waals surface area contributed by atoms with Gasteiger partial charge in [0.05, 0.1) is 7.11 Å². The number of benzene rings is 1. The fourth-order valence-corrected chi connectivity index (χ4v) is 3.79. The van der Waals surface area contributed by atoms with Gasteiger partial charge in [-0.1, -0.05) is 19.1 Å². The average Bonchev–Trinajstić information content (AvgIpc) is 3.36. The van der Waals surface area contributed by atoms with Crippen LogP contribution in [0.2, 0.25) is 0 Å². The van der Waals surface area contributed by atoms with Gasteiger partial charge in [0.15, 0.2) is 11.8 Å². The van der Waals surface area contributed by atoms with Crippen LogP contribution in [0.25, 0.3) is 0 Å². The lowest BCUT2D eigenvalue weighted by molar-refractivity contribution is 0.267. The van der Waals surface area contributed by atoms with Crippen LogP contribution in [-0.2, 0) is 20.0 Å².